The minimum Gasteiger partial charge on any atom is -0.485 e. The van der Waals surface area contributed by atoms with Crippen molar-refractivity contribution in [3.05, 3.63) is 53.7 Å². The van der Waals surface area contributed by atoms with Crippen molar-refractivity contribution in [2.75, 3.05) is 5.73 Å². The normalized spacial score (nSPS) is 10.5. The van der Waals surface area contributed by atoms with Gasteiger partial charge in [0.05, 0.1) is 17.6 Å². The Labute approximate surface area is 114 Å². The van der Waals surface area contributed by atoms with E-state index in [1.54, 1.807) is 6.26 Å². The second-order valence-electron chi connectivity index (χ2n) is 3.95. The predicted octanol–water partition coefficient (Wildman–Crippen LogP) is 3.56. The Balaban J connectivity index is 1.70. The summed E-state index contributed by atoms with van der Waals surface area (Å²) in [5, 5.41) is 2.81. The Morgan fingerprint density at radius 1 is 1.21 bits per heavy atom. The fourth-order valence-electron chi connectivity index (χ4n) is 1.65. The largest absolute Gasteiger partial charge is 0.485 e. The zero-order valence-electron chi connectivity index (χ0n) is 10.1. The van der Waals surface area contributed by atoms with E-state index in [1.165, 1.54) is 11.3 Å². The van der Waals surface area contributed by atoms with Gasteiger partial charge in [-0.15, -0.1) is 11.3 Å². The van der Waals surface area contributed by atoms with Crippen LogP contribution in [0.1, 0.15) is 5.69 Å². The van der Waals surface area contributed by atoms with Crippen molar-refractivity contribution in [1.82, 2.24) is 4.98 Å². The van der Waals surface area contributed by atoms with Crippen LogP contribution in [0.25, 0.3) is 10.8 Å². The molecular weight excluding hydrogens is 260 g/mol. The first-order valence-corrected chi connectivity index (χ1v) is 6.66. The average molecular weight is 272 g/mol. The minimum atomic E-state index is 0.394. The van der Waals surface area contributed by atoms with Crippen LogP contribution in [0.4, 0.5) is 5.69 Å². The maximum atomic E-state index is 5.81. The van der Waals surface area contributed by atoms with E-state index in [0.717, 1.165) is 16.5 Å². The molecule has 3 rings (SSSR count). The van der Waals surface area contributed by atoms with Crippen LogP contribution in [-0.2, 0) is 6.61 Å². The molecule has 0 radical (unpaired) electrons. The summed E-state index contributed by atoms with van der Waals surface area (Å²) in [5.74, 6) is 1.45. The van der Waals surface area contributed by atoms with Crippen molar-refractivity contribution < 1.29 is 9.15 Å². The lowest BCUT2D eigenvalue weighted by atomic mass is 10.3. The molecular formula is C14H12N2O2S. The molecule has 0 aliphatic carbocycles. The van der Waals surface area contributed by atoms with Gasteiger partial charge in [0.15, 0.2) is 10.8 Å². The summed E-state index contributed by atoms with van der Waals surface area (Å²) in [7, 11) is 0. The summed E-state index contributed by atoms with van der Waals surface area (Å²) in [5.41, 5.74) is 7.30. The zero-order valence-corrected chi connectivity index (χ0v) is 10.9. The number of thiazole rings is 1. The van der Waals surface area contributed by atoms with Gasteiger partial charge in [-0.2, -0.15) is 0 Å². The van der Waals surface area contributed by atoms with Crippen LogP contribution in [-0.4, -0.2) is 4.98 Å². The number of hydrogen-bond acceptors (Lipinski definition) is 5. The predicted molar refractivity (Wildman–Crippen MR) is 75.0 cm³/mol. The lowest BCUT2D eigenvalue weighted by Gasteiger charge is -2.06. The van der Waals surface area contributed by atoms with E-state index in [0.29, 0.717) is 18.0 Å². The number of nitrogen functional groups attached to an aromatic ring is 1. The van der Waals surface area contributed by atoms with Gasteiger partial charge >= 0.3 is 0 Å². The summed E-state index contributed by atoms with van der Waals surface area (Å²) in [6.45, 7) is 0.394. The maximum absolute atomic E-state index is 5.81. The summed E-state index contributed by atoms with van der Waals surface area (Å²) in [4.78, 5) is 4.46. The quantitative estimate of drug-likeness (QED) is 0.738. The fraction of sp³-hybridized carbons (Fsp3) is 0.0714. The lowest BCUT2D eigenvalue weighted by molar-refractivity contribution is 0.304. The van der Waals surface area contributed by atoms with E-state index in [2.05, 4.69) is 4.98 Å². The van der Waals surface area contributed by atoms with E-state index < -0.39 is 0 Å². The second-order valence-corrected chi connectivity index (χ2v) is 4.81. The van der Waals surface area contributed by atoms with Gasteiger partial charge < -0.3 is 14.9 Å². The van der Waals surface area contributed by atoms with E-state index in [1.807, 2.05) is 41.8 Å². The molecule has 0 amide bonds. The highest BCUT2D eigenvalue weighted by Gasteiger charge is 2.08. The molecule has 19 heavy (non-hydrogen) atoms. The zero-order chi connectivity index (χ0) is 13.1. The number of ether oxygens (including phenoxy) is 1. The van der Waals surface area contributed by atoms with Crippen LogP contribution in [0, 0.1) is 0 Å². The number of rotatable bonds is 4. The van der Waals surface area contributed by atoms with Crippen LogP contribution in [0.5, 0.6) is 5.75 Å². The van der Waals surface area contributed by atoms with E-state index in [9.17, 15) is 0 Å². The smallest absolute Gasteiger partial charge is 0.162 e. The Morgan fingerprint density at radius 3 is 2.89 bits per heavy atom. The van der Waals surface area contributed by atoms with Gasteiger partial charge in [0.1, 0.15) is 12.4 Å². The van der Waals surface area contributed by atoms with Gasteiger partial charge in [0, 0.05) is 5.38 Å². The summed E-state index contributed by atoms with van der Waals surface area (Å²) < 4.78 is 10.9. The first kappa shape index (κ1) is 11.8. The second kappa shape index (κ2) is 5.16. The molecule has 2 heterocycles. The van der Waals surface area contributed by atoms with Crippen molar-refractivity contribution in [2.45, 2.75) is 6.61 Å². The monoisotopic (exact) mass is 272 g/mol. The molecule has 2 N–H and O–H groups in total. The topological polar surface area (TPSA) is 61.3 Å². The molecule has 0 fully saturated rings. The van der Waals surface area contributed by atoms with E-state index >= 15 is 0 Å². The molecule has 0 saturated heterocycles. The van der Waals surface area contributed by atoms with Crippen LogP contribution in [0.2, 0.25) is 0 Å². The molecule has 0 spiro atoms. The number of benzene rings is 1. The number of furan rings is 1. The number of anilines is 1. The van der Waals surface area contributed by atoms with Crippen LogP contribution >= 0.6 is 11.3 Å². The van der Waals surface area contributed by atoms with Crippen molar-refractivity contribution >= 4 is 17.0 Å². The third-order valence-electron chi connectivity index (χ3n) is 2.58. The first-order chi connectivity index (χ1) is 9.33. The standard InChI is InChI=1S/C14H12N2O2S/c15-11-4-1-2-5-12(11)18-8-10-9-19-14(16-10)13-6-3-7-17-13/h1-7,9H,8,15H2. The van der Waals surface area contributed by atoms with Gasteiger partial charge in [-0.1, -0.05) is 12.1 Å². The number of para-hydroxylation sites is 2. The third kappa shape index (κ3) is 2.61. The molecule has 5 heteroatoms. The van der Waals surface area contributed by atoms with Crippen molar-refractivity contribution in [1.29, 1.82) is 0 Å². The summed E-state index contributed by atoms with van der Waals surface area (Å²) in [6, 6.07) is 11.1. The highest BCUT2D eigenvalue weighted by atomic mass is 32.1. The van der Waals surface area contributed by atoms with Crippen LogP contribution in [0.3, 0.4) is 0 Å². The van der Waals surface area contributed by atoms with Crippen LogP contribution in [0.15, 0.2) is 52.5 Å². The molecule has 96 valence electrons. The molecule has 4 nitrogen and oxygen atoms in total. The number of nitrogens with two attached hydrogens (primary N) is 1. The highest BCUT2D eigenvalue weighted by Crippen LogP contribution is 2.25. The molecule has 0 unspecified atom stereocenters. The van der Waals surface area contributed by atoms with Gasteiger partial charge in [-0.25, -0.2) is 4.98 Å². The number of hydrogen-bond donors (Lipinski definition) is 1. The Morgan fingerprint density at radius 2 is 2.11 bits per heavy atom. The fourth-order valence-corrected chi connectivity index (χ4v) is 2.42. The molecule has 1 aromatic carbocycles. The Bertz CT molecular complexity index is 662. The first-order valence-electron chi connectivity index (χ1n) is 5.78. The third-order valence-corrected chi connectivity index (χ3v) is 3.48. The van der Waals surface area contributed by atoms with Gasteiger partial charge in [-0.3, -0.25) is 0 Å². The van der Waals surface area contributed by atoms with Crippen LogP contribution < -0.4 is 10.5 Å². The molecule has 0 aliphatic rings. The van der Waals surface area contributed by atoms with Crippen molar-refractivity contribution in [2.24, 2.45) is 0 Å². The summed E-state index contributed by atoms with van der Waals surface area (Å²) in [6.07, 6.45) is 1.64. The van der Waals surface area contributed by atoms with Crippen molar-refractivity contribution in [3.8, 4) is 16.5 Å². The highest BCUT2D eigenvalue weighted by molar-refractivity contribution is 7.13. The van der Waals surface area contributed by atoms with E-state index in [-0.39, 0.29) is 0 Å². The molecule has 0 saturated carbocycles. The van der Waals surface area contributed by atoms with Gasteiger partial charge in [-0.05, 0) is 24.3 Å². The number of aromatic nitrogens is 1. The van der Waals surface area contributed by atoms with Crippen molar-refractivity contribution in [3.63, 3.8) is 0 Å². The molecule has 0 aliphatic heterocycles. The molecule has 0 bridgehead atoms. The Hall–Kier alpha value is -2.27. The average Bonchev–Trinajstić information content (AvgIpc) is 3.09. The number of nitrogens with zero attached hydrogens (tertiary/aromatic N) is 1. The minimum absolute atomic E-state index is 0.394. The summed E-state index contributed by atoms with van der Waals surface area (Å²) >= 11 is 1.53. The van der Waals surface area contributed by atoms with Gasteiger partial charge in [0.25, 0.3) is 0 Å². The Kier molecular flexibility index (Phi) is 3.20. The maximum Gasteiger partial charge on any atom is 0.162 e. The molecule has 3 aromatic rings. The SMILES string of the molecule is Nc1ccccc1OCc1csc(-c2ccco2)n1. The lowest BCUT2D eigenvalue weighted by Crippen LogP contribution is -1.98. The molecule has 2 aromatic heterocycles. The molecule has 0 atom stereocenters. The van der Waals surface area contributed by atoms with Gasteiger partial charge in [0.2, 0.25) is 0 Å². The van der Waals surface area contributed by atoms with E-state index in [4.69, 9.17) is 14.9 Å².